The predicted molar refractivity (Wildman–Crippen MR) is 62.2 cm³/mol. The summed E-state index contributed by atoms with van der Waals surface area (Å²) in [5.41, 5.74) is 0.944. The Kier molecular flexibility index (Phi) is 2.22. The van der Waals surface area contributed by atoms with Crippen molar-refractivity contribution in [2.24, 2.45) is 0 Å². The van der Waals surface area contributed by atoms with Gasteiger partial charge in [0.1, 0.15) is 0 Å². The van der Waals surface area contributed by atoms with Crippen molar-refractivity contribution in [3.8, 4) is 0 Å². The third-order valence-electron chi connectivity index (χ3n) is 2.94. The van der Waals surface area contributed by atoms with E-state index in [1.807, 2.05) is 30.5 Å². The number of nitrogens with zero attached hydrogens (tertiary/aromatic N) is 2. The van der Waals surface area contributed by atoms with Gasteiger partial charge in [0.25, 0.3) is 0 Å². The van der Waals surface area contributed by atoms with Crippen LogP contribution >= 0.6 is 0 Å². The van der Waals surface area contributed by atoms with E-state index in [1.54, 1.807) is 0 Å². The molecule has 2 aromatic rings. The van der Waals surface area contributed by atoms with E-state index in [0.717, 1.165) is 23.7 Å². The van der Waals surface area contributed by atoms with E-state index in [0.29, 0.717) is 12.0 Å². The van der Waals surface area contributed by atoms with E-state index >= 15 is 0 Å². The first-order chi connectivity index (χ1) is 7.81. The van der Waals surface area contributed by atoms with E-state index in [2.05, 4.69) is 15.3 Å². The molecule has 0 atom stereocenters. The second-order valence-corrected chi connectivity index (χ2v) is 4.22. The molecule has 0 saturated heterocycles. The van der Waals surface area contributed by atoms with Crippen LogP contribution in [-0.4, -0.2) is 27.2 Å². The predicted octanol–water partition coefficient (Wildman–Crippen LogP) is 1.56. The monoisotopic (exact) mass is 215 g/mol. The lowest BCUT2D eigenvalue weighted by molar-refractivity contribution is 0.0834. The van der Waals surface area contributed by atoms with E-state index < -0.39 is 0 Å². The number of nitrogens with one attached hydrogen (secondary N) is 1. The average Bonchev–Trinajstić information content (AvgIpc) is 2.27. The maximum absolute atomic E-state index is 9.19. The molecule has 1 heterocycles. The van der Waals surface area contributed by atoms with Gasteiger partial charge in [-0.3, -0.25) is 0 Å². The molecule has 0 aliphatic heterocycles. The van der Waals surface area contributed by atoms with Gasteiger partial charge in [-0.1, -0.05) is 18.2 Å². The first kappa shape index (κ1) is 9.54. The molecule has 0 bridgehead atoms. The van der Waals surface area contributed by atoms with Crippen LogP contribution in [0, 0.1) is 0 Å². The highest BCUT2D eigenvalue weighted by Crippen LogP contribution is 2.23. The number of benzene rings is 1. The fourth-order valence-electron chi connectivity index (χ4n) is 1.93. The summed E-state index contributed by atoms with van der Waals surface area (Å²) in [7, 11) is 0. The normalized spacial score (nSPS) is 24.1. The zero-order valence-corrected chi connectivity index (χ0v) is 8.80. The Morgan fingerprint density at radius 3 is 2.88 bits per heavy atom. The molecule has 0 spiro atoms. The van der Waals surface area contributed by atoms with Crippen molar-refractivity contribution in [3.05, 3.63) is 30.5 Å². The van der Waals surface area contributed by atoms with E-state index in [1.165, 1.54) is 0 Å². The van der Waals surface area contributed by atoms with Gasteiger partial charge in [-0.2, -0.15) is 0 Å². The summed E-state index contributed by atoms with van der Waals surface area (Å²) in [5, 5.41) is 13.4. The van der Waals surface area contributed by atoms with Gasteiger partial charge in [0.2, 0.25) is 5.95 Å². The van der Waals surface area contributed by atoms with Crippen LogP contribution in [0.25, 0.3) is 10.9 Å². The molecule has 4 heteroatoms. The average molecular weight is 215 g/mol. The molecule has 0 amide bonds. The van der Waals surface area contributed by atoms with Gasteiger partial charge in [-0.05, 0) is 18.9 Å². The van der Waals surface area contributed by atoms with Gasteiger partial charge in [0.15, 0.2) is 0 Å². The Hall–Kier alpha value is -1.68. The largest absolute Gasteiger partial charge is 0.393 e. The van der Waals surface area contributed by atoms with Crippen molar-refractivity contribution in [2.45, 2.75) is 25.0 Å². The highest BCUT2D eigenvalue weighted by atomic mass is 16.3. The Morgan fingerprint density at radius 2 is 2.06 bits per heavy atom. The lowest BCUT2D eigenvalue weighted by Gasteiger charge is -2.31. The molecule has 16 heavy (non-hydrogen) atoms. The Bertz CT molecular complexity index is 508. The van der Waals surface area contributed by atoms with E-state index in [-0.39, 0.29) is 6.10 Å². The number of fused-ring (bicyclic) bond motifs is 1. The topological polar surface area (TPSA) is 58.0 Å². The van der Waals surface area contributed by atoms with Gasteiger partial charge in [-0.15, -0.1) is 0 Å². The molecule has 1 aliphatic rings. The summed E-state index contributed by atoms with van der Waals surface area (Å²) >= 11 is 0. The van der Waals surface area contributed by atoms with E-state index in [4.69, 9.17) is 0 Å². The molecule has 4 nitrogen and oxygen atoms in total. The maximum atomic E-state index is 9.19. The number of anilines is 1. The fourth-order valence-corrected chi connectivity index (χ4v) is 1.93. The van der Waals surface area contributed by atoms with Crippen molar-refractivity contribution < 1.29 is 5.11 Å². The molecule has 1 aromatic carbocycles. The van der Waals surface area contributed by atoms with Crippen LogP contribution in [0.5, 0.6) is 0 Å². The third-order valence-corrected chi connectivity index (χ3v) is 2.94. The van der Waals surface area contributed by atoms with Crippen molar-refractivity contribution in [1.29, 1.82) is 0 Å². The standard InChI is InChI=1S/C12H13N3O/c16-10-5-9(6-10)14-12-13-7-8-3-1-2-4-11(8)15-12/h1-4,7,9-10,16H,5-6H2,(H,13,14,15). The minimum atomic E-state index is -0.155. The van der Waals surface area contributed by atoms with Crippen molar-refractivity contribution in [1.82, 2.24) is 9.97 Å². The summed E-state index contributed by atoms with van der Waals surface area (Å²) in [6, 6.07) is 8.22. The molecule has 0 radical (unpaired) electrons. The molecule has 3 rings (SSSR count). The van der Waals surface area contributed by atoms with Gasteiger partial charge < -0.3 is 10.4 Å². The van der Waals surface area contributed by atoms with Gasteiger partial charge in [-0.25, -0.2) is 9.97 Å². The Balaban J connectivity index is 1.82. The van der Waals surface area contributed by atoms with Crippen molar-refractivity contribution >= 4 is 16.9 Å². The second kappa shape index (κ2) is 3.72. The summed E-state index contributed by atoms with van der Waals surface area (Å²) in [5.74, 6) is 0.649. The zero-order valence-electron chi connectivity index (χ0n) is 8.80. The number of aliphatic hydroxyl groups is 1. The Morgan fingerprint density at radius 1 is 1.25 bits per heavy atom. The molecule has 1 aromatic heterocycles. The summed E-state index contributed by atoms with van der Waals surface area (Å²) in [4.78, 5) is 8.67. The molecule has 1 fully saturated rings. The number of aliphatic hydroxyl groups excluding tert-OH is 1. The number of para-hydroxylation sites is 1. The van der Waals surface area contributed by atoms with Crippen molar-refractivity contribution in [2.75, 3.05) is 5.32 Å². The summed E-state index contributed by atoms with van der Waals surface area (Å²) < 4.78 is 0. The molecule has 2 N–H and O–H groups in total. The third kappa shape index (κ3) is 1.72. The lowest BCUT2D eigenvalue weighted by Crippen LogP contribution is -2.39. The minimum absolute atomic E-state index is 0.155. The van der Waals surface area contributed by atoms with E-state index in [9.17, 15) is 5.11 Å². The van der Waals surface area contributed by atoms with Gasteiger partial charge in [0, 0.05) is 17.6 Å². The molecule has 82 valence electrons. The minimum Gasteiger partial charge on any atom is -0.393 e. The smallest absolute Gasteiger partial charge is 0.223 e. The molecule has 1 saturated carbocycles. The Labute approximate surface area is 93.4 Å². The molecular formula is C12H13N3O. The van der Waals surface area contributed by atoms with Crippen LogP contribution in [0.1, 0.15) is 12.8 Å². The van der Waals surface area contributed by atoms with Gasteiger partial charge in [0.05, 0.1) is 11.6 Å². The second-order valence-electron chi connectivity index (χ2n) is 4.22. The van der Waals surface area contributed by atoms with Crippen LogP contribution in [0.4, 0.5) is 5.95 Å². The maximum Gasteiger partial charge on any atom is 0.223 e. The van der Waals surface area contributed by atoms with Crippen LogP contribution < -0.4 is 5.32 Å². The summed E-state index contributed by atoms with van der Waals surface area (Å²) in [6.07, 6.45) is 3.24. The number of hydrogen-bond donors (Lipinski definition) is 2. The van der Waals surface area contributed by atoms with Crippen LogP contribution in [0.3, 0.4) is 0 Å². The van der Waals surface area contributed by atoms with Crippen LogP contribution in [0.15, 0.2) is 30.5 Å². The molecule has 1 aliphatic carbocycles. The zero-order chi connectivity index (χ0) is 11.0. The molecular weight excluding hydrogens is 202 g/mol. The highest BCUT2D eigenvalue weighted by Gasteiger charge is 2.27. The molecule has 0 unspecified atom stereocenters. The number of hydrogen-bond acceptors (Lipinski definition) is 4. The number of rotatable bonds is 2. The quantitative estimate of drug-likeness (QED) is 0.798. The first-order valence-corrected chi connectivity index (χ1v) is 5.47. The van der Waals surface area contributed by atoms with Crippen molar-refractivity contribution in [3.63, 3.8) is 0 Å². The fraction of sp³-hybridized carbons (Fsp3) is 0.333. The SMILES string of the molecule is OC1CC(Nc2ncc3ccccc3n2)C1. The van der Waals surface area contributed by atoms with Gasteiger partial charge >= 0.3 is 0 Å². The highest BCUT2D eigenvalue weighted by molar-refractivity contribution is 5.78. The lowest BCUT2D eigenvalue weighted by atomic mass is 9.90. The summed E-state index contributed by atoms with van der Waals surface area (Å²) in [6.45, 7) is 0. The van der Waals surface area contributed by atoms with Crippen LogP contribution in [-0.2, 0) is 0 Å². The number of aromatic nitrogens is 2. The first-order valence-electron chi connectivity index (χ1n) is 5.47. The van der Waals surface area contributed by atoms with Crippen LogP contribution in [0.2, 0.25) is 0 Å².